The van der Waals surface area contributed by atoms with Crippen LogP contribution in [0.4, 0.5) is 0 Å². The number of hydrogen-bond donors (Lipinski definition) is 1. The third kappa shape index (κ3) is 3.19. The molecule has 0 spiro atoms. The standard InChI is InChI=1S/C25H18ClNO2/c1-29-24-14-20-16-4-2-3-15(11-16)5-6-17-12-18(7-9-22(17)26)25(28)19-8-10-23(27-24)21(20)13-19/h2-14,25,28H,1H3/b6-5-. The van der Waals surface area contributed by atoms with Crippen molar-refractivity contribution in [1.29, 1.82) is 0 Å². The van der Waals surface area contributed by atoms with Crippen LogP contribution >= 0.6 is 11.6 Å². The van der Waals surface area contributed by atoms with Crippen LogP contribution in [0.15, 0.2) is 66.7 Å². The Morgan fingerprint density at radius 1 is 0.931 bits per heavy atom. The molecule has 0 aliphatic heterocycles. The Morgan fingerprint density at radius 3 is 2.62 bits per heavy atom. The summed E-state index contributed by atoms with van der Waals surface area (Å²) in [5, 5.41) is 12.7. The summed E-state index contributed by atoms with van der Waals surface area (Å²) >= 11 is 6.39. The highest BCUT2D eigenvalue weighted by molar-refractivity contribution is 6.32. The van der Waals surface area contributed by atoms with Gasteiger partial charge in [-0.3, -0.25) is 0 Å². The summed E-state index contributed by atoms with van der Waals surface area (Å²) in [5.74, 6) is 0.560. The molecular formula is C25H18ClNO2. The molecule has 1 unspecified atom stereocenters. The maximum absolute atomic E-state index is 11.1. The summed E-state index contributed by atoms with van der Waals surface area (Å²) in [6.45, 7) is 0. The van der Waals surface area contributed by atoms with Gasteiger partial charge in [0, 0.05) is 16.5 Å². The first-order chi connectivity index (χ1) is 14.1. The first-order valence-corrected chi connectivity index (χ1v) is 9.75. The highest BCUT2D eigenvalue weighted by atomic mass is 35.5. The van der Waals surface area contributed by atoms with Gasteiger partial charge in [-0.15, -0.1) is 0 Å². The van der Waals surface area contributed by atoms with E-state index >= 15 is 0 Å². The highest BCUT2D eigenvalue weighted by Crippen LogP contribution is 2.35. The minimum atomic E-state index is -0.761. The normalized spacial score (nSPS) is 16.0. The van der Waals surface area contributed by atoms with E-state index in [-0.39, 0.29) is 0 Å². The lowest BCUT2D eigenvalue weighted by atomic mass is 9.95. The van der Waals surface area contributed by atoms with Gasteiger partial charge in [0.2, 0.25) is 5.88 Å². The van der Waals surface area contributed by atoms with Crippen molar-refractivity contribution < 1.29 is 9.84 Å². The molecule has 29 heavy (non-hydrogen) atoms. The number of aliphatic hydroxyl groups excluding tert-OH is 1. The molecule has 1 heterocycles. The smallest absolute Gasteiger partial charge is 0.214 e. The van der Waals surface area contributed by atoms with Gasteiger partial charge in [-0.05, 0) is 63.7 Å². The quantitative estimate of drug-likeness (QED) is 0.418. The van der Waals surface area contributed by atoms with Crippen LogP contribution in [0.25, 0.3) is 34.2 Å². The maximum atomic E-state index is 11.1. The molecule has 0 saturated carbocycles. The molecule has 1 atom stereocenters. The topological polar surface area (TPSA) is 42.4 Å². The Kier molecular flexibility index (Phi) is 4.35. The second-order valence-corrected chi connectivity index (χ2v) is 7.54. The number of fused-ring (bicyclic) bond motifs is 6. The monoisotopic (exact) mass is 399 g/mol. The number of hydrogen-bond acceptors (Lipinski definition) is 3. The lowest BCUT2D eigenvalue weighted by molar-refractivity contribution is 0.220. The van der Waals surface area contributed by atoms with Gasteiger partial charge in [0.25, 0.3) is 0 Å². The Balaban J connectivity index is 1.86. The summed E-state index contributed by atoms with van der Waals surface area (Å²) in [6.07, 6.45) is 3.25. The lowest BCUT2D eigenvalue weighted by Gasteiger charge is -2.15. The molecule has 1 N–H and O–H groups in total. The molecule has 3 nitrogen and oxygen atoms in total. The van der Waals surface area contributed by atoms with Crippen LogP contribution < -0.4 is 4.74 Å². The molecule has 142 valence electrons. The summed E-state index contributed by atoms with van der Waals surface area (Å²) in [7, 11) is 1.62. The fourth-order valence-electron chi connectivity index (χ4n) is 3.78. The van der Waals surface area contributed by atoms with Crippen molar-refractivity contribution in [2.45, 2.75) is 6.10 Å². The van der Waals surface area contributed by atoms with E-state index in [0.717, 1.165) is 44.3 Å². The molecule has 0 amide bonds. The van der Waals surface area contributed by atoms with Gasteiger partial charge in [0.15, 0.2) is 0 Å². The van der Waals surface area contributed by atoms with Crippen molar-refractivity contribution in [2.75, 3.05) is 7.11 Å². The molecular weight excluding hydrogens is 382 g/mol. The summed E-state index contributed by atoms with van der Waals surface area (Å²) in [4.78, 5) is 4.58. The van der Waals surface area contributed by atoms with Gasteiger partial charge in [-0.2, -0.15) is 0 Å². The number of pyridine rings is 1. The molecule has 0 fully saturated rings. The molecule has 4 heteroatoms. The number of rotatable bonds is 1. The maximum Gasteiger partial charge on any atom is 0.214 e. The fourth-order valence-corrected chi connectivity index (χ4v) is 3.96. The molecule has 1 aromatic heterocycles. The predicted molar refractivity (Wildman–Crippen MR) is 118 cm³/mol. The van der Waals surface area contributed by atoms with Crippen molar-refractivity contribution >= 4 is 34.7 Å². The number of methoxy groups -OCH3 is 1. The van der Waals surface area contributed by atoms with Crippen LogP contribution in [0.5, 0.6) is 5.88 Å². The van der Waals surface area contributed by atoms with Gasteiger partial charge in [-0.25, -0.2) is 4.98 Å². The van der Waals surface area contributed by atoms with Crippen LogP contribution in [0.1, 0.15) is 28.4 Å². The zero-order chi connectivity index (χ0) is 20.0. The van der Waals surface area contributed by atoms with Crippen LogP contribution in [0.2, 0.25) is 5.02 Å². The fraction of sp³-hybridized carbons (Fsp3) is 0.0800. The largest absolute Gasteiger partial charge is 0.481 e. The Labute approximate surface area is 173 Å². The Bertz CT molecular complexity index is 1280. The van der Waals surface area contributed by atoms with Gasteiger partial charge < -0.3 is 9.84 Å². The van der Waals surface area contributed by atoms with Gasteiger partial charge >= 0.3 is 0 Å². The number of halogens is 1. The molecule has 0 saturated heterocycles. The van der Waals surface area contributed by atoms with Gasteiger partial charge in [0.1, 0.15) is 6.10 Å². The lowest BCUT2D eigenvalue weighted by Crippen LogP contribution is -2.01. The number of nitrogens with zero attached hydrogens (tertiary/aromatic N) is 1. The second-order valence-electron chi connectivity index (χ2n) is 7.13. The molecule has 6 bridgehead atoms. The van der Waals surface area contributed by atoms with Crippen molar-refractivity contribution in [3.63, 3.8) is 0 Å². The molecule has 3 aromatic carbocycles. The van der Waals surface area contributed by atoms with Crippen molar-refractivity contribution in [2.24, 2.45) is 0 Å². The van der Waals surface area contributed by atoms with E-state index in [9.17, 15) is 5.11 Å². The average molecular weight is 400 g/mol. The van der Waals surface area contributed by atoms with E-state index in [1.54, 1.807) is 7.11 Å². The summed E-state index contributed by atoms with van der Waals surface area (Å²) in [5.41, 5.74) is 6.42. The Morgan fingerprint density at radius 2 is 1.76 bits per heavy atom. The number of aromatic nitrogens is 1. The van der Waals surface area contributed by atoms with E-state index in [1.165, 1.54) is 0 Å². The highest BCUT2D eigenvalue weighted by Gasteiger charge is 2.16. The summed E-state index contributed by atoms with van der Waals surface area (Å²) < 4.78 is 5.43. The minimum absolute atomic E-state index is 0.560. The number of benzene rings is 3. The van der Waals surface area contributed by atoms with Gasteiger partial charge in [-0.1, -0.05) is 54.1 Å². The first kappa shape index (κ1) is 17.9. The van der Waals surface area contributed by atoms with Gasteiger partial charge in [0.05, 0.1) is 12.6 Å². The second kappa shape index (κ2) is 7.03. The summed E-state index contributed by atoms with van der Waals surface area (Å²) in [6, 6.07) is 21.7. The number of aliphatic hydroxyl groups is 1. The molecule has 1 aliphatic rings. The SMILES string of the molecule is COc1cc2c3cc(ccc3n1)C(O)c1ccc(Cl)c(c1)/C=C\c1cccc-2c1. The van der Waals surface area contributed by atoms with Crippen LogP contribution in [-0.4, -0.2) is 17.2 Å². The van der Waals surface area contributed by atoms with Crippen molar-refractivity contribution in [3.8, 4) is 17.0 Å². The van der Waals surface area contributed by atoms with E-state index in [4.69, 9.17) is 16.3 Å². The molecule has 4 aromatic rings. The third-order valence-corrected chi connectivity index (χ3v) is 5.67. The van der Waals surface area contributed by atoms with Crippen molar-refractivity contribution in [3.05, 3.63) is 94.0 Å². The third-order valence-electron chi connectivity index (χ3n) is 5.32. The van der Waals surface area contributed by atoms with E-state index < -0.39 is 6.10 Å². The minimum Gasteiger partial charge on any atom is -0.481 e. The van der Waals surface area contributed by atoms with Crippen LogP contribution in [-0.2, 0) is 0 Å². The average Bonchev–Trinajstić information content (AvgIpc) is 2.77. The number of ether oxygens (including phenoxy) is 1. The zero-order valence-electron chi connectivity index (χ0n) is 15.8. The van der Waals surface area contributed by atoms with E-state index in [1.807, 2.05) is 60.7 Å². The predicted octanol–water partition coefficient (Wildman–Crippen LogP) is 6.13. The Hall–Kier alpha value is -3.14. The van der Waals surface area contributed by atoms with Crippen LogP contribution in [0, 0.1) is 0 Å². The van der Waals surface area contributed by atoms with E-state index in [0.29, 0.717) is 10.9 Å². The van der Waals surface area contributed by atoms with E-state index in [2.05, 4.69) is 23.2 Å². The van der Waals surface area contributed by atoms with Crippen LogP contribution in [0.3, 0.4) is 0 Å². The molecule has 5 rings (SSSR count). The molecule has 1 aliphatic carbocycles. The zero-order valence-corrected chi connectivity index (χ0v) is 16.5. The molecule has 0 radical (unpaired) electrons. The van der Waals surface area contributed by atoms with Crippen molar-refractivity contribution in [1.82, 2.24) is 4.98 Å². The first-order valence-electron chi connectivity index (χ1n) is 9.37.